The van der Waals surface area contributed by atoms with Crippen molar-refractivity contribution in [2.45, 2.75) is 6.42 Å². The second-order valence-electron chi connectivity index (χ2n) is 3.66. The van der Waals surface area contributed by atoms with E-state index in [9.17, 15) is 4.79 Å². The molecule has 0 aliphatic carbocycles. The number of methoxy groups -OCH3 is 1. The Balaban J connectivity index is 2.02. The molecule has 1 N–H and O–H groups in total. The van der Waals surface area contributed by atoms with Crippen molar-refractivity contribution in [1.82, 2.24) is 4.98 Å². The predicted molar refractivity (Wildman–Crippen MR) is 66.9 cm³/mol. The minimum atomic E-state index is -0.208. The maximum atomic E-state index is 10.9. The van der Waals surface area contributed by atoms with E-state index in [0.717, 1.165) is 16.6 Å². The smallest absolute Gasteiger partial charge is 0.307 e. The maximum Gasteiger partial charge on any atom is 0.307 e. The number of nitrogens with zero attached hydrogens (tertiary/aromatic N) is 1. The standard InChI is InChI=1S/C13H14N2O2/c1-17-13(16)6-8-14-11-4-5-12-10(9-11)3-2-7-15-12/h2-5,7,9,14H,6,8H2,1H3. The molecule has 2 aromatic rings. The van der Waals surface area contributed by atoms with E-state index in [0.29, 0.717) is 13.0 Å². The van der Waals surface area contributed by atoms with Crippen LogP contribution in [0.1, 0.15) is 6.42 Å². The van der Waals surface area contributed by atoms with Crippen molar-refractivity contribution in [2.75, 3.05) is 19.0 Å². The number of carbonyl (C=O) groups is 1. The van der Waals surface area contributed by atoms with E-state index in [1.54, 1.807) is 6.20 Å². The van der Waals surface area contributed by atoms with Gasteiger partial charge in [0.25, 0.3) is 0 Å². The van der Waals surface area contributed by atoms with Crippen LogP contribution in [0.4, 0.5) is 5.69 Å². The van der Waals surface area contributed by atoms with Gasteiger partial charge in [0.2, 0.25) is 0 Å². The summed E-state index contributed by atoms with van der Waals surface area (Å²) in [5.74, 6) is -0.208. The summed E-state index contributed by atoms with van der Waals surface area (Å²) < 4.78 is 4.57. The Labute approximate surface area is 99.6 Å². The van der Waals surface area contributed by atoms with Gasteiger partial charge in [-0.05, 0) is 24.3 Å². The third-order valence-electron chi connectivity index (χ3n) is 2.49. The Hall–Kier alpha value is -2.10. The monoisotopic (exact) mass is 230 g/mol. The van der Waals surface area contributed by atoms with Gasteiger partial charge in [0.1, 0.15) is 0 Å². The Morgan fingerprint density at radius 3 is 3.12 bits per heavy atom. The van der Waals surface area contributed by atoms with Gasteiger partial charge in [-0.15, -0.1) is 0 Å². The third kappa shape index (κ3) is 2.93. The van der Waals surface area contributed by atoms with E-state index in [2.05, 4.69) is 15.0 Å². The SMILES string of the molecule is COC(=O)CCNc1ccc2ncccc2c1. The van der Waals surface area contributed by atoms with Gasteiger partial charge in [0.05, 0.1) is 19.0 Å². The number of ether oxygens (including phenoxy) is 1. The van der Waals surface area contributed by atoms with Crippen LogP contribution in [-0.4, -0.2) is 24.6 Å². The zero-order valence-electron chi connectivity index (χ0n) is 9.64. The quantitative estimate of drug-likeness (QED) is 0.818. The Bertz CT molecular complexity index is 526. The summed E-state index contributed by atoms with van der Waals surface area (Å²) in [6, 6.07) is 9.83. The molecule has 4 nitrogen and oxygen atoms in total. The van der Waals surface area contributed by atoms with Crippen LogP contribution in [0.3, 0.4) is 0 Å². The van der Waals surface area contributed by atoms with Gasteiger partial charge >= 0.3 is 5.97 Å². The van der Waals surface area contributed by atoms with E-state index in [1.807, 2.05) is 30.3 Å². The Morgan fingerprint density at radius 2 is 2.29 bits per heavy atom. The first-order chi connectivity index (χ1) is 8.29. The van der Waals surface area contributed by atoms with Gasteiger partial charge in [-0.3, -0.25) is 9.78 Å². The van der Waals surface area contributed by atoms with Gasteiger partial charge in [-0.25, -0.2) is 0 Å². The van der Waals surface area contributed by atoms with Crippen molar-refractivity contribution in [1.29, 1.82) is 0 Å². The number of anilines is 1. The van der Waals surface area contributed by atoms with Crippen LogP contribution in [0.25, 0.3) is 10.9 Å². The largest absolute Gasteiger partial charge is 0.469 e. The lowest BCUT2D eigenvalue weighted by Crippen LogP contribution is -2.09. The molecule has 0 bridgehead atoms. The molecule has 0 saturated carbocycles. The lowest BCUT2D eigenvalue weighted by atomic mass is 10.2. The molecule has 0 saturated heterocycles. The summed E-state index contributed by atoms with van der Waals surface area (Å²) in [5.41, 5.74) is 1.94. The number of benzene rings is 1. The number of carbonyl (C=O) groups excluding carboxylic acids is 1. The summed E-state index contributed by atoms with van der Waals surface area (Å²) in [5, 5.41) is 4.25. The van der Waals surface area contributed by atoms with Crippen LogP contribution in [0.2, 0.25) is 0 Å². The molecule has 0 radical (unpaired) electrons. The van der Waals surface area contributed by atoms with Gasteiger partial charge < -0.3 is 10.1 Å². The number of nitrogens with one attached hydrogen (secondary N) is 1. The molecule has 0 aliphatic heterocycles. The number of hydrogen-bond donors (Lipinski definition) is 1. The molecule has 4 heteroatoms. The first-order valence-corrected chi connectivity index (χ1v) is 5.45. The second kappa shape index (κ2) is 5.30. The van der Waals surface area contributed by atoms with E-state index < -0.39 is 0 Å². The normalized spacial score (nSPS) is 10.2. The van der Waals surface area contributed by atoms with Crippen LogP contribution in [-0.2, 0) is 9.53 Å². The number of fused-ring (bicyclic) bond motifs is 1. The summed E-state index contributed by atoms with van der Waals surface area (Å²) in [7, 11) is 1.39. The lowest BCUT2D eigenvalue weighted by molar-refractivity contribution is -0.140. The first kappa shape index (κ1) is 11.4. The minimum Gasteiger partial charge on any atom is -0.469 e. The molecule has 0 amide bonds. The first-order valence-electron chi connectivity index (χ1n) is 5.45. The third-order valence-corrected chi connectivity index (χ3v) is 2.49. The van der Waals surface area contributed by atoms with Crippen LogP contribution < -0.4 is 5.32 Å². The van der Waals surface area contributed by atoms with Gasteiger partial charge in [-0.1, -0.05) is 6.07 Å². The van der Waals surface area contributed by atoms with Crippen LogP contribution in [0.15, 0.2) is 36.5 Å². The molecular weight excluding hydrogens is 216 g/mol. The molecule has 1 aromatic carbocycles. The van der Waals surface area contributed by atoms with Gasteiger partial charge in [0.15, 0.2) is 0 Å². The van der Waals surface area contributed by atoms with Crippen LogP contribution >= 0.6 is 0 Å². The molecular formula is C13H14N2O2. The zero-order valence-corrected chi connectivity index (χ0v) is 9.64. The van der Waals surface area contributed by atoms with Gasteiger partial charge in [-0.2, -0.15) is 0 Å². The predicted octanol–water partition coefficient (Wildman–Crippen LogP) is 2.21. The molecule has 17 heavy (non-hydrogen) atoms. The number of esters is 1. The molecule has 0 atom stereocenters. The minimum absolute atomic E-state index is 0.208. The summed E-state index contributed by atoms with van der Waals surface area (Å²) in [4.78, 5) is 15.2. The summed E-state index contributed by atoms with van der Waals surface area (Å²) >= 11 is 0. The average molecular weight is 230 g/mol. The topological polar surface area (TPSA) is 51.2 Å². The van der Waals surface area contributed by atoms with Crippen molar-refractivity contribution in [3.05, 3.63) is 36.5 Å². The van der Waals surface area contributed by atoms with E-state index in [4.69, 9.17) is 0 Å². The molecule has 88 valence electrons. The molecule has 0 aliphatic rings. The van der Waals surface area contributed by atoms with Crippen LogP contribution in [0, 0.1) is 0 Å². The highest BCUT2D eigenvalue weighted by atomic mass is 16.5. The fourth-order valence-electron chi connectivity index (χ4n) is 1.60. The highest BCUT2D eigenvalue weighted by Crippen LogP contribution is 2.16. The number of rotatable bonds is 4. The summed E-state index contributed by atoms with van der Waals surface area (Å²) in [6.45, 7) is 0.568. The number of hydrogen-bond acceptors (Lipinski definition) is 4. The van der Waals surface area contributed by atoms with Crippen molar-refractivity contribution in [2.24, 2.45) is 0 Å². The second-order valence-corrected chi connectivity index (χ2v) is 3.66. The number of aromatic nitrogens is 1. The van der Waals surface area contributed by atoms with Crippen molar-refractivity contribution in [3.63, 3.8) is 0 Å². The number of pyridine rings is 1. The Kier molecular flexibility index (Phi) is 3.55. The van der Waals surface area contributed by atoms with Gasteiger partial charge in [0, 0.05) is 23.8 Å². The molecule has 0 spiro atoms. The van der Waals surface area contributed by atoms with Crippen molar-refractivity contribution < 1.29 is 9.53 Å². The fraction of sp³-hybridized carbons (Fsp3) is 0.231. The fourth-order valence-corrected chi connectivity index (χ4v) is 1.60. The molecule has 1 aromatic heterocycles. The van der Waals surface area contributed by atoms with E-state index >= 15 is 0 Å². The average Bonchev–Trinajstić information content (AvgIpc) is 2.38. The molecule has 1 heterocycles. The highest BCUT2D eigenvalue weighted by molar-refractivity contribution is 5.82. The Morgan fingerprint density at radius 1 is 1.41 bits per heavy atom. The summed E-state index contributed by atoms with van der Waals surface area (Å²) in [6.07, 6.45) is 2.13. The molecule has 2 rings (SSSR count). The maximum absolute atomic E-state index is 10.9. The van der Waals surface area contributed by atoms with E-state index in [1.165, 1.54) is 7.11 Å². The van der Waals surface area contributed by atoms with E-state index in [-0.39, 0.29) is 5.97 Å². The molecule has 0 unspecified atom stereocenters. The van der Waals surface area contributed by atoms with Crippen molar-refractivity contribution in [3.8, 4) is 0 Å². The molecule has 0 fully saturated rings. The zero-order chi connectivity index (χ0) is 12.1. The van der Waals surface area contributed by atoms with Crippen LogP contribution in [0.5, 0.6) is 0 Å². The lowest BCUT2D eigenvalue weighted by Gasteiger charge is -2.06. The highest BCUT2D eigenvalue weighted by Gasteiger charge is 2.00. The van der Waals surface area contributed by atoms with Crippen molar-refractivity contribution >= 4 is 22.6 Å².